The lowest BCUT2D eigenvalue weighted by molar-refractivity contribution is -0.0499. The lowest BCUT2D eigenvalue weighted by Crippen LogP contribution is -2.03. The van der Waals surface area contributed by atoms with Gasteiger partial charge >= 0.3 is 6.61 Å². The highest BCUT2D eigenvalue weighted by molar-refractivity contribution is 6.05. The summed E-state index contributed by atoms with van der Waals surface area (Å²) >= 11 is 0. The molecule has 2 rings (SSSR count). The number of allylic oxidation sites excluding steroid dienone is 1. The average molecular weight is 278 g/mol. The van der Waals surface area contributed by atoms with E-state index >= 15 is 0 Å². The highest BCUT2D eigenvalue weighted by Gasteiger charge is 2.08. The fourth-order valence-electron chi connectivity index (χ4n) is 1.62. The van der Waals surface area contributed by atoms with Crippen molar-refractivity contribution in [3.63, 3.8) is 0 Å². The summed E-state index contributed by atoms with van der Waals surface area (Å²) < 4.78 is 30.4. The number of ether oxygens (including phenoxy) is 1. The number of halogens is 2. The molecule has 104 valence electrons. The number of aromatic nitrogens is 2. The van der Waals surface area contributed by atoms with Gasteiger partial charge in [-0.1, -0.05) is 18.2 Å². The van der Waals surface area contributed by atoms with Crippen molar-refractivity contribution in [2.45, 2.75) is 6.61 Å². The Hall–Kier alpha value is -2.50. The zero-order valence-electron chi connectivity index (χ0n) is 10.7. The van der Waals surface area contributed by atoms with Crippen LogP contribution in [-0.2, 0) is 7.05 Å². The fraction of sp³-hybridized carbons (Fsp3) is 0.143. The van der Waals surface area contributed by atoms with E-state index in [0.717, 1.165) is 0 Å². The number of aryl methyl sites for hydroxylation is 1. The second-order valence-electron chi connectivity index (χ2n) is 3.99. The third-order valence-electron chi connectivity index (χ3n) is 2.52. The van der Waals surface area contributed by atoms with Crippen LogP contribution in [0.2, 0.25) is 0 Å². The molecule has 0 atom stereocenters. The van der Waals surface area contributed by atoms with Gasteiger partial charge < -0.3 is 4.74 Å². The molecule has 1 aromatic heterocycles. The van der Waals surface area contributed by atoms with E-state index in [4.69, 9.17) is 0 Å². The standard InChI is InChI=1S/C14H12F2N2O2/c1-18-9-8-11(17-18)12(19)7-6-10-4-2-3-5-13(10)20-14(15)16/h2-9,14H,1H3/b7-6+. The van der Waals surface area contributed by atoms with Crippen LogP contribution in [0.4, 0.5) is 8.78 Å². The number of hydrogen-bond acceptors (Lipinski definition) is 3. The van der Waals surface area contributed by atoms with Gasteiger partial charge in [-0.25, -0.2) is 0 Å². The van der Waals surface area contributed by atoms with E-state index in [1.165, 1.54) is 22.9 Å². The number of benzene rings is 1. The Morgan fingerprint density at radius 1 is 1.35 bits per heavy atom. The van der Waals surface area contributed by atoms with Crippen molar-refractivity contribution >= 4 is 11.9 Å². The summed E-state index contributed by atoms with van der Waals surface area (Å²) in [5.74, 6) is -0.287. The number of para-hydroxylation sites is 1. The zero-order chi connectivity index (χ0) is 14.5. The first-order chi connectivity index (χ1) is 9.56. The SMILES string of the molecule is Cn1ccc(C(=O)/C=C/c2ccccc2OC(F)F)n1. The largest absolute Gasteiger partial charge is 0.434 e. The lowest BCUT2D eigenvalue weighted by Gasteiger charge is -2.06. The van der Waals surface area contributed by atoms with Crippen molar-refractivity contribution in [2.75, 3.05) is 0 Å². The molecule has 0 saturated carbocycles. The van der Waals surface area contributed by atoms with Crippen molar-refractivity contribution in [3.8, 4) is 5.75 Å². The van der Waals surface area contributed by atoms with Gasteiger partial charge in [-0.3, -0.25) is 9.48 Å². The Labute approximate surface area is 114 Å². The quantitative estimate of drug-likeness (QED) is 0.624. The van der Waals surface area contributed by atoms with Crippen molar-refractivity contribution in [1.29, 1.82) is 0 Å². The van der Waals surface area contributed by atoms with E-state index in [-0.39, 0.29) is 17.2 Å². The molecule has 0 spiro atoms. The average Bonchev–Trinajstić information content (AvgIpc) is 2.83. The van der Waals surface area contributed by atoms with Gasteiger partial charge in [-0.15, -0.1) is 0 Å². The van der Waals surface area contributed by atoms with Crippen LogP contribution in [0.3, 0.4) is 0 Å². The molecule has 0 aliphatic carbocycles. The highest BCUT2D eigenvalue weighted by atomic mass is 19.3. The van der Waals surface area contributed by atoms with Crippen molar-refractivity contribution in [1.82, 2.24) is 9.78 Å². The molecule has 0 fully saturated rings. The van der Waals surface area contributed by atoms with Crippen LogP contribution in [0, 0.1) is 0 Å². The molecule has 0 amide bonds. The second-order valence-corrected chi connectivity index (χ2v) is 3.99. The Morgan fingerprint density at radius 3 is 2.75 bits per heavy atom. The Bertz CT molecular complexity index is 636. The maximum atomic E-state index is 12.2. The molecule has 0 saturated heterocycles. The van der Waals surface area contributed by atoms with Crippen molar-refractivity contribution in [2.24, 2.45) is 7.05 Å². The number of hydrogen-bond donors (Lipinski definition) is 0. The van der Waals surface area contributed by atoms with Crippen LogP contribution in [-0.4, -0.2) is 22.2 Å². The molecule has 4 nitrogen and oxygen atoms in total. The zero-order valence-corrected chi connectivity index (χ0v) is 10.7. The summed E-state index contributed by atoms with van der Waals surface area (Å²) in [7, 11) is 1.70. The fourth-order valence-corrected chi connectivity index (χ4v) is 1.62. The number of carbonyl (C=O) groups excluding carboxylic acids is 1. The Balaban J connectivity index is 2.17. The minimum atomic E-state index is -2.91. The molecule has 1 heterocycles. The van der Waals surface area contributed by atoms with Gasteiger partial charge in [0.15, 0.2) is 0 Å². The molecule has 2 aromatic rings. The van der Waals surface area contributed by atoms with Gasteiger partial charge in [-0.2, -0.15) is 13.9 Å². The topological polar surface area (TPSA) is 44.1 Å². The summed E-state index contributed by atoms with van der Waals surface area (Å²) in [5.41, 5.74) is 0.688. The van der Waals surface area contributed by atoms with Gasteiger partial charge in [0.1, 0.15) is 11.4 Å². The second kappa shape index (κ2) is 6.10. The molecule has 6 heteroatoms. The van der Waals surface area contributed by atoms with Crippen LogP contribution < -0.4 is 4.74 Å². The predicted molar refractivity (Wildman–Crippen MR) is 69.6 cm³/mol. The van der Waals surface area contributed by atoms with E-state index in [1.807, 2.05) is 0 Å². The molecular weight excluding hydrogens is 266 g/mol. The lowest BCUT2D eigenvalue weighted by atomic mass is 10.1. The van der Waals surface area contributed by atoms with Gasteiger partial charge in [0.2, 0.25) is 5.78 Å². The summed E-state index contributed by atoms with van der Waals surface area (Å²) in [6.45, 7) is -2.91. The molecule has 0 radical (unpaired) electrons. The summed E-state index contributed by atoms with van der Waals surface area (Å²) in [6.07, 6.45) is 4.35. The van der Waals surface area contributed by atoms with Crippen LogP contribution >= 0.6 is 0 Å². The van der Waals surface area contributed by atoms with E-state index in [2.05, 4.69) is 9.84 Å². The molecule has 1 aromatic carbocycles. The first-order valence-electron chi connectivity index (χ1n) is 5.82. The molecule has 0 aliphatic rings. The van der Waals surface area contributed by atoms with Gasteiger partial charge in [0, 0.05) is 18.8 Å². The molecule has 0 unspecified atom stereocenters. The highest BCUT2D eigenvalue weighted by Crippen LogP contribution is 2.21. The number of carbonyl (C=O) groups is 1. The number of alkyl halides is 2. The molecular formula is C14H12F2N2O2. The van der Waals surface area contributed by atoms with Gasteiger partial charge in [-0.05, 0) is 24.3 Å². The van der Waals surface area contributed by atoms with E-state index in [9.17, 15) is 13.6 Å². The normalized spacial score (nSPS) is 11.2. The molecule has 20 heavy (non-hydrogen) atoms. The maximum Gasteiger partial charge on any atom is 0.387 e. The minimum Gasteiger partial charge on any atom is -0.434 e. The number of ketones is 1. The van der Waals surface area contributed by atoms with Crippen LogP contribution in [0.15, 0.2) is 42.6 Å². The number of nitrogens with zero attached hydrogens (tertiary/aromatic N) is 2. The van der Waals surface area contributed by atoms with E-state index in [0.29, 0.717) is 5.56 Å². The van der Waals surface area contributed by atoms with E-state index in [1.54, 1.807) is 37.5 Å². The first-order valence-corrected chi connectivity index (χ1v) is 5.82. The Kier molecular flexibility index (Phi) is 4.24. The molecule has 0 N–H and O–H groups in total. The smallest absolute Gasteiger partial charge is 0.387 e. The van der Waals surface area contributed by atoms with Crippen LogP contribution in [0.1, 0.15) is 16.1 Å². The monoisotopic (exact) mass is 278 g/mol. The Morgan fingerprint density at radius 2 is 2.10 bits per heavy atom. The van der Waals surface area contributed by atoms with Crippen LogP contribution in [0.25, 0.3) is 6.08 Å². The summed E-state index contributed by atoms with van der Waals surface area (Å²) in [5, 5.41) is 3.96. The summed E-state index contributed by atoms with van der Waals surface area (Å²) in [4.78, 5) is 11.8. The van der Waals surface area contributed by atoms with Gasteiger partial charge in [0.05, 0.1) is 0 Å². The number of rotatable bonds is 5. The first kappa shape index (κ1) is 13.9. The molecule has 0 aliphatic heterocycles. The van der Waals surface area contributed by atoms with Crippen molar-refractivity contribution < 1.29 is 18.3 Å². The van der Waals surface area contributed by atoms with Crippen molar-refractivity contribution in [3.05, 3.63) is 53.9 Å². The van der Waals surface area contributed by atoms with E-state index < -0.39 is 6.61 Å². The molecule has 0 bridgehead atoms. The van der Waals surface area contributed by atoms with Crippen LogP contribution in [0.5, 0.6) is 5.75 Å². The predicted octanol–water partition coefficient (Wildman–Crippen LogP) is 2.92. The minimum absolute atomic E-state index is 0.0209. The third kappa shape index (κ3) is 3.50. The van der Waals surface area contributed by atoms with Gasteiger partial charge in [0.25, 0.3) is 0 Å². The third-order valence-corrected chi connectivity index (χ3v) is 2.52. The maximum absolute atomic E-state index is 12.2. The summed E-state index contributed by atoms with van der Waals surface area (Å²) in [6, 6.07) is 7.82.